The molecule has 1 N–H and O–H groups in total. The molecule has 2 rings (SSSR count). The molecule has 2 aromatic carbocycles. The van der Waals surface area contributed by atoms with Crippen LogP contribution in [-0.4, -0.2) is 25.0 Å². The molecular weight excluding hydrogens is 319 g/mol. The highest BCUT2D eigenvalue weighted by atomic mass is 19.4. The Morgan fingerprint density at radius 1 is 1.08 bits per heavy atom. The third-order valence-electron chi connectivity index (χ3n) is 3.30. The fourth-order valence-corrected chi connectivity index (χ4v) is 2.02. The van der Waals surface area contributed by atoms with Crippen LogP contribution in [0.4, 0.5) is 29.3 Å². The Kier molecular flexibility index (Phi) is 4.79. The largest absolute Gasteiger partial charge is 0.407 e. The van der Waals surface area contributed by atoms with Crippen LogP contribution < -0.4 is 5.32 Å². The highest BCUT2D eigenvalue weighted by molar-refractivity contribution is 5.89. The average Bonchev–Trinajstić information content (AvgIpc) is 2.54. The van der Waals surface area contributed by atoms with E-state index in [1.54, 1.807) is 38.4 Å². The number of benzene rings is 2. The number of hydrogen-bond donors (Lipinski definition) is 1. The first kappa shape index (κ1) is 17.3. The Balaban J connectivity index is 2.33. The molecule has 0 aliphatic heterocycles. The molecule has 0 radical (unpaired) electrons. The summed E-state index contributed by atoms with van der Waals surface area (Å²) in [5.41, 5.74) is 0.0486. The number of carbonyl (C=O) groups excluding carboxylic acids is 1. The van der Waals surface area contributed by atoms with Gasteiger partial charge in [0.15, 0.2) is 5.69 Å². The standard InChI is InChI=1S/C17H14F3N3O/c1-21-15-9-6-12(10-14(15)17(18,19)20)11-4-7-13(8-5-11)22-16(24)23(2)3/h4-10H,2-3H3,(H,22,24). The van der Waals surface area contributed by atoms with E-state index in [1.807, 2.05) is 0 Å². The lowest BCUT2D eigenvalue weighted by Gasteiger charge is -2.13. The van der Waals surface area contributed by atoms with Gasteiger partial charge in [0.25, 0.3) is 0 Å². The predicted molar refractivity (Wildman–Crippen MR) is 85.8 cm³/mol. The van der Waals surface area contributed by atoms with Gasteiger partial charge in [0.1, 0.15) is 0 Å². The van der Waals surface area contributed by atoms with Gasteiger partial charge in [-0.2, -0.15) is 13.2 Å². The Labute approximate surface area is 137 Å². The van der Waals surface area contributed by atoms with Gasteiger partial charge in [-0.25, -0.2) is 9.64 Å². The molecule has 124 valence electrons. The van der Waals surface area contributed by atoms with Crippen LogP contribution in [0.1, 0.15) is 5.56 Å². The third-order valence-corrected chi connectivity index (χ3v) is 3.30. The lowest BCUT2D eigenvalue weighted by atomic mass is 10.0. The van der Waals surface area contributed by atoms with Gasteiger partial charge >= 0.3 is 12.2 Å². The lowest BCUT2D eigenvalue weighted by molar-refractivity contribution is -0.136. The number of hydrogen-bond acceptors (Lipinski definition) is 1. The molecule has 0 unspecified atom stereocenters. The van der Waals surface area contributed by atoms with E-state index in [0.717, 1.165) is 12.1 Å². The van der Waals surface area contributed by atoms with E-state index < -0.39 is 17.4 Å². The number of halogens is 3. The van der Waals surface area contributed by atoms with Gasteiger partial charge in [-0.1, -0.05) is 30.3 Å². The van der Waals surface area contributed by atoms with Crippen molar-refractivity contribution in [2.75, 3.05) is 19.4 Å². The summed E-state index contributed by atoms with van der Waals surface area (Å²) in [6, 6.07) is 9.71. The second kappa shape index (κ2) is 6.62. The number of amides is 2. The van der Waals surface area contributed by atoms with E-state index in [-0.39, 0.29) is 6.03 Å². The molecule has 0 aliphatic rings. The molecule has 0 bridgehead atoms. The van der Waals surface area contributed by atoms with Gasteiger partial charge in [0, 0.05) is 19.8 Å². The van der Waals surface area contributed by atoms with Crippen molar-refractivity contribution in [3.63, 3.8) is 0 Å². The van der Waals surface area contributed by atoms with E-state index in [9.17, 15) is 18.0 Å². The molecular formula is C17H14F3N3O. The summed E-state index contributed by atoms with van der Waals surface area (Å²) in [6.07, 6.45) is -4.59. The predicted octanol–water partition coefficient (Wildman–Crippen LogP) is 5.02. The van der Waals surface area contributed by atoms with Gasteiger partial charge in [-0.15, -0.1) is 0 Å². The molecule has 0 spiro atoms. The second-order valence-electron chi connectivity index (χ2n) is 5.24. The summed E-state index contributed by atoms with van der Waals surface area (Å²) in [5.74, 6) is 0. The first-order valence-corrected chi connectivity index (χ1v) is 6.90. The van der Waals surface area contributed by atoms with Gasteiger partial charge < -0.3 is 10.2 Å². The molecule has 0 aromatic heterocycles. The Morgan fingerprint density at radius 3 is 2.17 bits per heavy atom. The normalized spacial score (nSPS) is 10.8. The smallest absolute Gasteiger partial charge is 0.331 e. The van der Waals surface area contributed by atoms with Crippen LogP contribution in [0, 0.1) is 6.57 Å². The molecule has 2 aromatic rings. The number of nitrogens with one attached hydrogen (secondary N) is 1. The van der Waals surface area contributed by atoms with Crippen LogP contribution in [0.5, 0.6) is 0 Å². The van der Waals surface area contributed by atoms with E-state index in [1.165, 1.54) is 11.0 Å². The number of carbonyl (C=O) groups is 1. The highest BCUT2D eigenvalue weighted by Crippen LogP contribution is 2.39. The fraction of sp³-hybridized carbons (Fsp3) is 0.176. The topological polar surface area (TPSA) is 36.7 Å². The van der Waals surface area contributed by atoms with Gasteiger partial charge in [0.05, 0.1) is 12.1 Å². The van der Waals surface area contributed by atoms with Gasteiger partial charge in [0.2, 0.25) is 0 Å². The van der Waals surface area contributed by atoms with Crippen LogP contribution in [-0.2, 0) is 6.18 Å². The quantitative estimate of drug-likeness (QED) is 0.770. The van der Waals surface area contributed by atoms with E-state index >= 15 is 0 Å². The number of anilines is 1. The van der Waals surface area contributed by atoms with Crippen LogP contribution in [0.25, 0.3) is 16.0 Å². The molecule has 4 nitrogen and oxygen atoms in total. The minimum Gasteiger partial charge on any atom is -0.331 e. The van der Waals surface area contributed by atoms with Crippen LogP contribution in [0.2, 0.25) is 0 Å². The second-order valence-corrected chi connectivity index (χ2v) is 5.24. The number of alkyl halides is 3. The van der Waals surface area contributed by atoms with E-state index in [4.69, 9.17) is 6.57 Å². The fourth-order valence-electron chi connectivity index (χ4n) is 2.02. The van der Waals surface area contributed by atoms with E-state index in [0.29, 0.717) is 16.8 Å². The van der Waals surface area contributed by atoms with E-state index in [2.05, 4.69) is 10.2 Å². The summed E-state index contributed by atoms with van der Waals surface area (Å²) in [7, 11) is 3.20. The molecule has 7 heteroatoms. The zero-order valence-corrected chi connectivity index (χ0v) is 13.0. The monoisotopic (exact) mass is 333 g/mol. The van der Waals surface area contributed by atoms with Crippen LogP contribution in [0.15, 0.2) is 42.5 Å². The summed E-state index contributed by atoms with van der Waals surface area (Å²) in [5, 5.41) is 2.64. The highest BCUT2D eigenvalue weighted by Gasteiger charge is 2.33. The first-order valence-electron chi connectivity index (χ1n) is 6.90. The molecule has 0 saturated heterocycles. The Bertz CT molecular complexity index is 790. The van der Waals surface area contributed by atoms with Crippen molar-refractivity contribution in [2.24, 2.45) is 0 Å². The Hall–Kier alpha value is -3.01. The molecule has 0 fully saturated rings. The zero-order valence-electron chi connectivity index (χ0n) is 13.0. The molecule has 0 saturated carbocycles. The lowest BCUT2D eigenvalue weighted by Crippen LogP contribution is -2.27. The molecule has 2 amide bonds. The van der Waals surface area contributed by atoms with Gasteiger partial charge in [-0.05, 0) is 23.3 Å². The number of rotatable bonds is 2. The maximum Gasteiger partial charge on any atom is 0.407 e. The van der Waals surface area contributed by atoms with Crippen LogP contribution >= 0.6 is 0 Å². The molecule has 0 atom stereocenters. The SMILES string of the molecule is [C-]#[N+]c1ccc(-c2ccc(NC(=O)N(C)C)cc2)cc1C(F)(F)F. The van der Waals surface area contributed by atoms with Crippen molar-refractivity contribution in [3.05, 3.63) is 59.4 Å². The third kappa shape index (κ3) is 3.84. The molecule has 0 heterocycles. The van der Waals surface area contributed by atoms with Crippen LogP contribution in [0.3, 0.4) is 0 Å². The zero-order chi connectivity index (χ0) is 17.9. The first-order chi connectivity index (χ1) is 11.2. The average molecular weight is 333 g/mol. The number of urea groups is 1. The van der Waals surface area contributed by atoms with Crippen molar-refractivity contribution >= 4 is 17.4 Å². The Morgan fingerprint density at radius 2 is 1.67 bits per heavy atom. The summed E-state index contributed by atoms with van der Waals surface area (Å²) < 4.78 is 39.1. The minimum absolute atomic E-state index is 0.302. The molecule has 24 heavy (non-hydrogen) atoms. The van der Waals surface area contributed by atoms with Crippen molar-refractivity contribution < 1.29 is 18.0 Å². The summed E-state index contributed by atoms with van der Waals surface area (Å²) >= 11 is 0. The number of nitrogens with zero attached hydrogens (tertiary/aromatic N) is 2. The maximum absolute atomic E-state index is 13.0. The molecule has 0 aliphatic carbocycles. The van der Waals surface area contributed by atoms with Crippen molar-refractivity contribution in [1.82, 2.24) is 4.90 Å². The van der Waals surface area contributed by atoms with Gasteiger partial charge in [-0.3, -0.25) is 0 Å². The van der Waals surface area contributed by atoms with Crippen molar-refractivity contribution in [3.8, 4) is 11.1 Å². The van der Waals surface area contributed by atoms with Crippen molar-refractivity contribution in [2.45, 2.75) is 6.18 Å². The van der Waals surface area contributed by atoms with Crippen molar-refractivity contribution in [1.29, 1.82) is 0 Å². The summed E-state index contributed by atoms with van der Waals surface area (Å²) in [6.45, 7) is 6.85. The minimum atomic E-state index is -4.59. The summed E-state index contributed by atoms with van der Waals surface area (Å²) in [4.78, 5) is 15.8. The maximum atomic E-state index is 13.0.